The number of halogens is 1. The lowest BCUT2D eigenvalue weighted by molar-refractivity contribution is 0.0730. The van der Waals surface area contributed by atoms with Crippen LogP contribution in [0.25, 0.3) is 0 Å². The number of rotatable bonds is 8. The number of likely N-dealkylation sites (N-methyl/N-ethyl adjacent to an activating group) is 1. The maximum absolute atomic E-state index is 14.3. The third-order valence-electron chi connectivity index (χ3n) is 5.94. The molecule has 0 saturated heterocycles. The third kappa shape index (κ3) is 4.98. The molecule has 1 amide bonds. The van der Waals surface area contributed by atoms with Crippen LogP contribution >= 0.6 is 0 Å². The maximum atomic E-state index is 14.3. The van der Waals surface area contributed by atoms with Crippen molar-refractivity contribution in [2.75, 3.05) is 38.0 Å². The second-order valence-corrected chi connectivity index (χ2v) is 10.5. The number of para-hydroxylation sites is 1. The number of benzene rings is 3. The minimum atomic E-state index is -3.83. The average molecular weight is 482 g/mol. The van der Waals surface area contributed by atoms with Crippen LogP contribution in [0.4, 0.5) is 10.1 Å². The Kier molecular flexibility index (Phi) is 7.00. The molecule has 4 rings (SSSR count). The second kappa shape index (κ2) is 9.95. The fourth-order valence-corrected chi connectivity index (χ4v) is 5.61. The second-order valence-electron chi connectivity index (χ2n) is 8.61. The zero-order chi connectivity index (χ0) is 24.3. The summed E-state index contributed by atoms with van der Waals surface area (Å²) in [6, 6.07) is 19.9. The lowest BCUT2D eigenvalue weighted by Gasteiger charge is -2.25. The fourth-order valence-electron chi connectivity index (χ4n) is 4.06. The van der Waals surface area contributed by atoms with E-state index in [9.17, 15) is 17.6 Å². The fraction of sp³-hybridized carbons (Fsp3) is 0.269. The summed E-state index contributed by atoms with van der Waals surface area (Å²) < 4.78 is 42.6. The summed E-state index contributed by atoms with van der Waals surface area (Å²) in [5, 5.41) is 0. The molecule has 6 nitrogen and oxygen atoms in total. The number of carbonyl (C=O) groups is 1. The van der Waals surface area contributed by atoms with E-state index in [1.165, 1.54) is 22.5 Å². The molecule has 1 aliphatic rings. The van der Waals surface area contributed by atoms with Crippen LogP contribution in [-0.2, 0) is 23.0 Å². The topological polar surface area (TPSA) is 60.9 Å². The van der Waals surface area contributed by atoms with E-state index in [0.717, 1.165) is 5.56 Å². The summed E-state index contributed by atoms with van der Waals surface area (Å²) in [7, 11) is -0.0394. The summed E-state index contributed by atoms with van der Waals surface area (Å²) in [6.45, 7) is 1.41. The Bertz CT molecular complexity index is 1290. The van der Waals surface area contributed by atoms with Crippen molar-refractivity contribution < 1.29 is 17.6 Å². The summed E-state index contributed by atoms with van der Waals surface area (Å²) in [5.41, 5.74) is 2.32. The number of carbonyl (C=O) groups excluding carboxylic acids is 1. The van der Waals surface area contributed by atoms with E-state index in [-0.39, 0.29) is 28.7 Å². The molecule has 0 aromatic heterocycles. The van der Waals surface area contributed by atoms with Crippen molar-refractivity contribution in [3.8, 4) is 0 Å². The minimum Gasteiger partial charge on any atom is -0.333 e. The molecule has 0 radical (unpaired) electrons. The normalized spacial score (nSPS) is 13.2. The van der Waals surface area contributed by atoms with E-state index in [0.29, 0.717) is 37.3 Å². The molecule has 3 aromatic carbocycles. The number of amides is 1. The average Bonchev–Trinajstić information content (AvgIpc) is 3.27. The van der Waals surface area contributed by atoms with Crippen LogP contribution in [0.2, 0.25) is 0 Å². The molecule has 8 heteroatoms. The van der Waals surface area contributed by atoms with Gasteiger partial charge >= 0.3 is 0 Å². The Balaban J connectivity index is 1.63. The highest BCUT2D eigenvalue weighted by Gasteiger charge is 2.31. The number of anilines is 1. The summed E-state index contributed by atoms with van der Waals surface area (Å²) in [5.74, 6) is -0.724. The van der Waals surface area contributed by atoms with Gasteiger partial charge in [0.25, 0.3) is 15.9 Å². The molecule has 178 valence electrons. The van der Waals surface area contributed by atoms with E-state index >= 15 is 0 Å². The minimum absolute atomic E-state index is 0.0634. The smallest absolute Gasteiger partial charge is 0.264 e. The molecule has 1 heterocycles. The molecular formula is C26H28FN3O3S. The molecule has 0 spiro atoms. The Labute approximate surface area is 200 Å². The first kappa shape index (κ1) is 23.9. The van der Waals surface area contributed by atoms with Gasteiger partial charge in [0.15, 0.2) is 0 Å². The molecule has 0 unspecified atom stereocenters. The number of fused-ring (bicyclic) bond motifs is 1. The molecule has 0 aliphatic carbocycles. The quantitative estimate of drug-likeness (QED) is 0.491. The van der Waals surface area contributed by atoms with Gasteiger partial charge in [-0.25, -0.2) is 12.8 Å². The molecule has 0 fully saturated rings. The van der Waals surface area contributed by atoms with Crippen LogP contribution < -0.4 is 4.31 Å². The van der Waals surface area contributed by atoms with E-state index in [1.807, 2.05) is 37.2 Å². The van der Waals surface area contributed by atoms with Crippen molar-refractivity contribution in [1.29, 1.82) is 0 Å². The molecule has 0 bridgehead atoms. The summed E-state index contributed by atoms with van der Waals surface area (Å²) >= 11 is 0. The highest BCUT2D eigenvalue weighted by Crippen LogP contribution is 2.33. The maximum Gasteiger partial charge on any atom is 0.264 e. The highest BCUT2D eigenvalue weighted by atomic mass is 32.2. The third-order valence-corrected chi connectivity index (χ3v) is 7.75. The van der Waals surface area contributed by atoms with Gasteiger partial charge in [-0.1, -0.05) is 42.5 Å². The van der Waals surface area contributed by atoms with Crippen molar-refractivity contribution in [2.45, 2.75) is 17.9 Å². The zero-order valence-corrected chi connectivity index (χ0v) is 20.1. The number of hydrogen-bond donors (Lipinski definition) is 0. The van der Waals surface area contributed by atoms with E-state index in [1.54, 1.807) is 41.3 Å². The van der Waals surface area contributed by atoms with Gasteiger partial charge in [0.05, 0.1) is 10.6 Å². The van der Waals surface area contributed by atoms with Crippen molar-refractivity contribution in [1.82, 2.24) is 9.80 Å². The van der Waals surface area contributed by atoms with Crippen molar-refractivity contribution in [3.05, 3.63) is 95.3 Å². The van der Waals surface area contributed by atoms with Gasteiger partial charge in [0, 0.05) is 37.3 Å². The van der Waals surface area contributed by atoms with Gasteiger partial charge in [-0.3, -0.25) is 9.10 Å². The SMILES string of the molecule is CN(C)CCN(Cc1ccccc1F)C(=O)c1cccc(S(=O)(=O)N2CCc3ccccc32)c1. The lowest BCUT2D eigenvalue weighted by atomic mass is 10.1. The van der Waals surface area contributed by atoms with Gasteiger partial charge in [-0.15, -0.1) is 0 Å². The van der Waals surface area contributed by atoms with Gasteiger partial charge < -0.3 is 9.80 Å². The van der Waals surface area contributed by atoms with Gasteiger partial charge in [-0.2, -0.15) is 0 Å². The molecule has 0 atom stereocenters. The molecule has 0 saturated carbocycles. The number of sulfonamides is 1. The van der Waals surface area contributed by atoms with Crippen molar-refractivity contribution in [3.63, 3.8) is 0 Å². The van der Waals surface area contributed by atoms with E-state index in [4.69, 9.17) is 0 Å². The van der Waals surface area contributed by atoms with E-state index in [2.05, 4.69) is 0 Å². The number of hydrogen-bond acceptors (Lipinski definition) is 4. The first-order valence-corrected chi connectivity index (χ1v) is 12.6. The first-order chi connectivity index (χ1) is 16.3. The Hall–Kier alpha value is -3.23. The molecule has 34 heavy (non-hydrogen) atoms. The van der Waals surface area contributed by atoms with Gasteiger partial charge in [0.1, 0.15) is 5.82 Å². The van der Waals surface area contributed by atoms with Gasteiger partial charge in [-0.05, 0) is 56.4 Å². The predicted octanol–water partition coefficient (Wildman–Crippen LogP) is 3.78. The van der Waals surface area contributed by atoms with Crippen LogP contribution in [-0.4, -0.2) is 57.9 Å². The summed E-state index contributed by atoms with van der Waals surface area (Å²) in [4.78, 5) is 17.0. The Morgan fingerprint density at radius 3 is 2.47 bits per heavy atom. The van der Waals surface area contributed by atoms with Crippen LogP contribution in [0.3, 0.4) is 0 Å². The standard InChI is InChI=1S/C26H28FN3O3S/c1-28(2)16-17-29(19-22-9-3-5-12-24(22)27)26(31)21-10-7-11-23(18-21)34(32,33)30-15-14-20-8-4-6-13-25(20)30/h3-13,18H,14-17,19H2,1-2H3. The van der Waals surface area contributed by atoms with Crippen LogP contribution in [0, 0.1) is 5.82 Å². The zero-order valence-electron chi connectivity index (χ0n) is 19.3. The largest absolute Gasteiger partial charge is 0.333 e. The molecule has 1 aliphatic heterocycles. The Morgan fingerprint density at radius 1 is 0.971 bits per heavy atom. The van der Waals surface area contributed by atoms with E-state index < -0.39 is 10.0 Å². The van der Waals surface area contributed by atoms with Gasteiger partial charge in [0.2, 0.25) is 0 Å². The van der Waals surface area contributed by atoms with Crippen molar-refractivity contribution >= 4 is 21.6 Å². The molecule has 0 N–H and O–H groups in total. The first-order valence-electron chi connectivity index (χ1n) is 11.2. The van der Waals surface area contributed by atoms with Crippen LogP contribution in [0.5, 0.6) is 0 Å². The Morgan fingerprint density at radius 2 is 1.71 bits per heavy atom. The lowest BCUT2D eigenvalue weighted by Crippen LogP contribution is -2.36. The number of nitrogens with zero attached hydrogens (tertiary/aromatic N) is 3. The van der Waals surface area contributed by atoms with Crippen molar-refractivity contribution in [2.24, 2.45) is 0 Å². The predicted molar refractivity (Wildman–Crippen MR) is 131 cm³/mol. The highest BCUT2D eigenvalue weighted by molar-refractivity contribution is 7.92. The van der Waals surface area contributed by atoms with Crippen LogP contribution in [0.1, 0.15) is 21.5 Å². The molecular weight excluding hydrogens is 453 g/mol. The monoisotopic (exact) mass is 481 g/mol. The summed E-state index contributed by atoms with van der Waals surface area (Å²) in [6.07, 6.45) is 0.648. The van der Waals surface area contributed by atoms with Crippen LogP contribution in [0.15, 0.2) is 77.7 Å². The molecule has 3 aromatic rings.